The zero-order chi connectivity index (χ0) is 18.7. The van der Waals surface area contributed by atoms with Gasteiger partial charge in [-0.1, -0.05) is 56.7 Å². The van der Waals surface area contributed by atoms with Crippen molar-refractivity contribution in [3.05, 3.63) is 42.2 Å². The molecule has 6 heteroatoms. The summed E-state index contributed by atoms with van der Waals surface area (Å²) in [6.45, 7) is 6.42. The van der Waals surface area contributed by atoms with E-state index >= 15 is 0 Å². The molecule has 0 atom stereocenters. The minimum absolute atomic E-state index is 0.0666. The van der Waals surface area contributed by atoms with Crippen molar-refractivity contribution < 1.29 is 13.0 Å². The van der Waals surface area contributed by atoms with E-state index in [4.69, 9.17) is 4.55 Å². The van der Waals surface area contributed by atoms with Crippen LogP contribution in [0.1, 0.15) is 51.0 Å². The molecule has 1 aliphatic heterocycles. The zero-order valence-corrected chi connectivity index (χ0v) is 16.5. The van der Waals surface area contributed by atoms with Crippen molar-refractivity contribution in [1.29, 1.82) is 0 Å². The summed E-state index contributed by atoms with van der Waals surface area (Å²) in [5, 5.41) is 0. The Hall–Kier alpha value is -1.53. The van der Waals surface area contributed by atoms with Crippen LogP contribution in [0.3, 0.4) is 0 Å². The molecule has 1 aromatic rings. The first-order valence-electron chi connectivity index (χ1n) is 8.99. The molecule has 0 spiro atoms. The van der Waals surface area contributed by atoms with E-state index in [2.05, 4.69) is 36.2 Å². The van der Waals surface area contributed by atoms with Gasteiger partial charge in [-0.05, 0) is 25.5 Å². The smallest absolute Gasteiger partial charge is 0.294 e. The summed E-state index contributed by atoms with van der Waals surface area (Å²) in [6, 6.07) is 5.99. The van der Waals surface area contributed by atoms with Crippen LogP contribution in [0.25, 0.3) is 0 Å². The van der Waals surface area contributed by atoms with Gasteiger partial charge in [0.15, 0.2) is 0 Å². The highest BCUT2D eigenvalue weighted by Gasteiger charge is 2.07. The van der Waals surface area contributed by atoms with Crippen molar-refractivity contribution >= 4 is 10.1 Å². The van der Waals surface area contributed by atoms with Crippen LogP contribution in [-0.4, -0.2) is 43.0 Å². The van der Waals surface area contributed by atoms with Crippen LogP contribution in [-0.2, 0) is 10.1 Å². The summed E-state index contributed by atoms with van der Waals surface area (Å²) in [6.07, 6.45) is 12.7. The summed E-state index contributed by atoms with van der Waals surface area (Å²) in [5.74, 6) is 0. The summed E-state index contributed by atoms with van der Waals surface area (Å²) >= 11 is 0. The Morgan fingerprint density at radius 3 is 2.12 bits per heavy atom. The fraction of sp³-hybridized carbons (Fsp3) is 0.579. The summed E-state index contributed by atoms with van der Waals surface area (Å²) in [7, 11) is -1.90. The third-order valence-electron chi connectivity index (χ3n) is 4.05. The van der Waals surface area contributed by atoms with Crippen LogP contribution in [0, 0.1) is 6.92 Å². The average molecular weight is 369 g/mol. The number of benzene rings is 1. The molecule has 0 saturated heterocycles. The van der Waals surface area contributed by atoms with Crippen molar-refractivity contribution in [1.82, 2.24) is 9.80 Å². The monoisotopic (exact) mass is 368 g/mol. The van der Waals surface area contributed by atoms with Gasteiger partial charge < -0.3 is 9.80 Å². The molecule has 1 aliphatic rings. The van der Waals surface area contributed by atoms with Crippen LogP contribution in [0.2, 0.25) is 0 Å². The highest BCUT2D eigenvalue weighted by atomic mass is 32.2. The minimum atomic E-state index is -4.02. The highest BCUT2D eigenvalue weighted by molar-refractivity contribution is 7.85. The second kappa shape index (κ2) is 11.2. The van der Waals surface area contributed by atoms with Gasteiger partial charge in [0.05, 0.1) is 11.6 Å². The van der Waals surface area contributed by atoms with E-state index in [0.29, 0.717) is 0 Å². The molecule has 0 aromatic heterocycles. The minimum Gasteiger partial charge on any atom is -0.362 e. The van der Waals surface area contributed by atoms with Crippen LogP contribution >= 0.6 is 0 Å². The van der Waals surface area contributed by atoms with E-state index in [1.165, 1.54) is 57.2 Å². The second-order valence-electron chi connectivity index (χ2n) is 6.56. The average Bonchev–Trinajstić information content (AvgIpc) is 2.96. The summed E-state index contributed by atoms with van der Waals surface area (Å²) in [4.78, 5) is 4.54. The molecule has 5 nitrogen and oxygen atoms in total. The molecule has 0 radical (unpaired) electrons. The number of hydrogen-bond acceptors (Lipinski definition) is 4. The quantitative estimate of drug-likeness (QED) is 0.548. The lowest BCUT2D eigenvalue weighted by Gasteiger charge is -2.17. The van der Waals surface area contributed by atoms with Gasteiger partial charge in [0.25, 0.3) is 10.1 Å². The molecule has 0 fully saturated rings. The third kappa shape index (κ3) is 9.51. The van der Waals surface area contributed by atoms with Gasteiger partial charge in [0, 0.05) is 26.0 Å². The molecule has 0 aliphatic carbocycles. The van der Waals surface area contributed by atoms with E-state index < -0.39 is 10.1 Å². The first-order valence-corrected chi connectivity index (χ1v) is 10.4. The largest absolute Gasteiger partial charge is 0.362 e. The standard InChI is InChI=1S/C12H24N2.C7H8O3S/c1-3-4-5-6-7-8-9-14-11-10-13(2)12-14;1-6-2-4-7(5-3-6)11(8,9)10/h10-11H,3-9,12H2,1-2H3;2-5H,1H3,(H,8,9,10). The SMILES string of the molecule is CCCCCCCCN1C=CN(C)C1.Cc1ccc(S(=O)(=O)O)cc1. The lowest BCUT2D eigenvalue weighted by Crippen LogP contribution is -2.23. The maximum Gasteiger partial charge on any atom is 0.294 e. The molecular formula is C19H32N2O3S. The maximum atomic E-state index is 10.5. The van der Waals surface area contributed by atoms with Crippen LogP contribution in [0.4, 0.5) is 0 Å². The Bertz CT molecular complexity index is 612. The Kier molecular flexibility index (Phi) is 9.60. The molecular weight excluding hydrogens is 336 g/mol. The lowest BCUT2D eigenvalue weighted by atomic mass is 10.1. The van der Waals surface area contributed by atoms with Crippen molar-refractivity contribution in [3.8, 4) is 0 Å². The molecule has 0 bridgehead atoms. The normalized spacial score (nSPS) is 13.8. The highest BCUT2D eigenvalue weighted by Crippen LogP contribution is 2.09. The fourth-order valence-electron chi connectivity index (χ4n) is 2.54. The van der Waals surface area contributed by atoms with E-state index in [-0.39, 0.29) is 4.90 Å². The van der Waals surface area contributed by atoms with E-state index in [0.717, 1.165) is 12.2 Å². The lowest BCUT2D eigenvalue weighted by molar-refractivity contribution is 0.290. The van der Waals surface area contributed by atoms with Crippen molar-refractivity contribution in [2.75, 3.05) is 20.3 Å². The summed E-state index contributed by atoms with van der Waals surface area (Å²) in [5.41, 5.74) is 0.956. The van der Waals surface area contributed by atoms with E-state index in [1.54, 1.807) is 12.1 Å². The first-order chi connectivity index (χ1) is 11.8. The fourth-order valence-corrected chi connectivity index (χ4v) is 3.02. The summed E-state index contributed by atoms with van der Waals surface area (Å²) < 4.78 is 29.6. The maximum absolute atomic E-state index is 10.5. The number of unbranched alkanes of at least 4 members (excludes halogenated alkanes) is 5. The topological polar surface area (TPSA) is 60.9 Å². The number of aryl methyl sites for hydroxylation is 1. The first kappa shape index (κ1) is 21.5. The predicted molar refractivity (Wildman–Crippen MR) is 103 cm³/mol. The molecule has 25 heavy (non-hydrogen) atoms. The van der Waals surface area contributed by atoms with Crippen molar-refractivity contribution in [2.24, 2.45) is 0 Å². The van der Waals surface area contributed by atoms with Crippen LogP contribution < -0.4 is 0 Å². The third-order valence-corrected chi connectivity index (χ3v) is 4.92. The Morgan fingerprint density at radius 1 is 1.00 bits per heavy atom. The number of hydrogen-bond donors (Lipinski definition) is 1. The van der Waals surface area contributed by atoms with Crippen LogP contribution in [0.15, 0.2) is 41.6 Å². The molecule has 2 rings (SSSR count). The second-order valence-corrected chi connectivity index (χ2v) is 7.99. The van der Waals surface area contributed by atoms with Gasteiger partial charge in [-0.25, -0.2) is 0 Å². The predicted octanol–water partition coefficient (Wildman–Crippen LogP) is 4.26. The van der Waals surface area contributed by atoms with Gasteiger partial charge in [0.2, 0.25) is 0 Å². The Balaban J connectivity index is 0.000000257. The van der Waals surface area contributed by atoms with Gasteiger partial charge >= 0.3 is 0 Å². The van der Waals surface area contributed by atoms with Gasteiger partial charge in [0.1, 0.15) is 0 Å². The van der Waals surface area contributed by atoms with E-state index in [9.17, 15) is 8.42 Å². The zero-order valence-electron chi connectivity index (χ0n) is 15.7. The van der Waals surface area contributed by atoms with Gasteiger partial charge in [-0.3, -0.25) is 4.55 Å². The van der Waals surface area contributed by atoms with E-state index in [1.807, 2.05) is 6.92 Å². The molecule has 142 valence electrons. The van der Waals surface area contributed by atoms with Gasteiger partial charge in [-0.2, -0.15) is 8.42 Å². The number of rotatable bonds is 8. The molecule has 0 amide bonds. The Labute approximate surface area is 153 Å². The number of nitrogens with zero attached hydrogens (tertiary/aromatic N) is 2. The van der Waals surface area contributed by atoms with Crippen molar-refractivity contribution in [3.63, 3.8) is 0 Å². The molecule has 0 saturated carbocycles. The molecule has 0 unspecified atom stereocenters. The molecule has 1 heterocycles. The van der Waals surface area contributed by atoms with Crippen molar-refractivity contribution in [2.45, 2.75) is 57.3 Å². The van der Waals surface area contributed by atoms with Crippen LogP contribution in [0.5, 0.6) is 0 Å². The molecule has 1 aromatic carbocycles. The Morgan fingerprint density at radius 2 is 1.60 bits per heavy atom. The van der Waals surface area contributed by atoms with Gasteiger partial charge in [-0.15, -0.1) is 0 Å². The molecule has 1 N–H and O–H groups in total.